The summed E-state index contributed by atoms with van der Waals surface area (Å²) in [6.07, 6.45) is 0. The van der Waals surface area contributed by atoms with E-state index in [0.29, 0.717) is 0 Å². The van der Waals surface area contributed by atoms with Crippen molar-refractivity contribution < 1.29 is 8.78 Å². The molecule has 0 N–H and O–H groups in total. The van der Waals surface area contributed by atoms with Crippen LogP contribution in [0.1, 0.15) is 0 Å². The average molecular weight is 686 g/mol. The molecule has 7 aromatic carbocycles. The summed E-state index contributed by atoms with van der Waals surface area (Å²) in [4.78, 5) is 7.19. The highest BCUT2D eigenvalue weighted by atomic mass is 32.2. The van der Waals surface area contributed by atoms with E-state index >= 15 is 8.78 Å². The third-order valence-corrected chi connectivity index (χ3v) is 17.3. The van der Waals surface area contributed by atoms with Gasteiger partial charge in [0.05, 0.1) is 0 Å². The summed E-state index contributed by atoms with van der Waals surface area (Å²) in [6, 6.07) is 53.1. The zero-order chi connectivity index (χ0) is 32.7. The van der Waals surface area contributed by atoms with Gasteiger partial charge in [0.15, 0.2) is 8.07 Å². The Labute approximate surface area is 293 Å². The summed E-state index contributed by atoms with van der Waals surface area (Å²) in [5, 5.41) is 3.98. The highest BCUT2D eigenvalue weighted by Crippen LogP contribution is 2.45. The molecule has 0 fully saturated rings. The van der Waals surface area contributed by atoms with Gasteiger partial charge in [-0.1, -0.05) is 132 Å². The Hall–Kier alpha value is -4.82. The Morgan fingerprint density at radius 3 is 1.41 bits per heavy atom. The number of fused-ring (bicyclic) bond motifs is 6. The molecule has 0 unspecified atom stereocenters. The molecular weight excluding hydrogens is 659 g/mol. The van der Waals surface area contributed by atoms with Crippen molar-refractivity contribution in [3.63, 3.8) is 0 Å². The fourth-order valence-corrected chi connectivity index (χ4v) is 15.8. The van der Waals surface area contributed by atoms with Crippen LogP contribution in [-0.2, 0) is 0 Å². The number of halogens is 2. The second-order valence-corrected chi connectivity index (χ2v) is 18.6. The van der Waals surface area contributed by atoms with Gasteiger partial charge in [0.1, 0.15) is 11.6 Å². The Morgan fingerprint density at radius 2 is 0.918 bits per heavy atom. The quantitative estimate of drug-likeness (QED) is 0.194. The molecule has 0 aromatic heterocycles. The number of benzene rings is 7. The first-order valence-electron chi connectivity index (χ1n) is 16.3. The molecule has 0 saturated heterocycles. The predicted octanol–water partition coefficient (Wildman–Crippen LogP) is 6.57. The summed E-state index contributed by atoms with van der Waals surface area (Å²) in [5.74, 6) is -0.602. The molecule has 3 heterocycles. The summed E-state index contributed by atoms with van der Waals surface area (Å²) in [6.45, 7) is 0.147. The Morgan fingerprint density at radius 1 is 0.469 bits per heavy atom. The lowest BCUT2D eigenvalue weighted by molar-refractivity contribution is 0.628. The lowest BCUT2D eigenvalue weighted by Crippen LogP contribution is -2.77. The third kappa shape index (κ3) is 4.26. The number of hydrogen-bond acceptors (Lipinski definition) is 3. The topological polar surface area (TPSA) is 3.24 Å². The fraction of sp³-hybridized carbons (Fsp3) is 0. The smallest absolute Gasteiger partial charge is 0.247 e. The van der Waals surface area contributed by atoms with E-state index < -0.39 is 8.07 Å². The molecule has 7 heteroatoms. The third-order valence-electron chi connectivity index (χ3n) is 10.2. The maximum atomic E-state index is 15.7. The number of hydrogen-bond donors (Lipinski definition) is 0. The van der Waals surface area contributed by atoms with E-state index in [1.54, 1.807) is 24.3 Å². The summed E-state index contributed by atoms with van der Waals surface area (Å²) < 4.78 is 31.3. The molecular formula is C42H26BF2NS2Si. The average Bonchev–Trinajstić information content (AvgIpc) is 3.14. The summed E-state index contributed by atoms with van der Waals surface area (Å²) >= 11 is 3.62. The van der Waals surface area contributed by atoms with Crippen molar-refractivity contribution in [2.24, 2.45) is 0 Å². The van der Waals surface area contributed by atoms with E-state index in [-0.39, 0.29) is 18.3 Å². The van der Waals surface area contributed by atoms with Crippen LogP contribution >= 0.6 is 23.5 Å². The lowest BCUT2D eigenvalue weighted by Gasteiger charge is -2.45. The van der Waals surface area contributed by atoms with E-state index in [4.69, 9.17) is 0 Å². The molecule has 7 aromatic rings. The second-order valence-electron chi connectivity index (χ2n) is 12.7. The van der Waals surface area contributed by atoms with Gasteiger partial charge >= 0.3 is 0 Å². The van der Waals surface area contributed by atoms with Crippen LogP contribution in [-0.4, -0.2) is 14.8 Å². The van der Waals surface area contributed by atoms with E-state index in [1.165, 1.54) is 36.0 Å². The maximum absolute atomic E-state index is 15.7. The minimum Gasteiger partial charge on any atom is -0.311 e. The number of anilines is 3. The number of nitrogens with zero attached hydrogens (tertiary/aromatic N) is 1. The molecule has 0 aliphatic carbocycles. The van der Waals surface area contributed by atoms with Crippen LogP contribution in [0.4, 0.5) is 25.8 Å². The SMILES string of the molecule is Fc1ccc2c(c1)[Si](c1ccccc1)(c1ccccc1)c1cc(F)ccc1N2c1cc2c3c(c1)Sc1ccccc1B3c1ccccc1S2. The molecule has 3 aliphatic rings. The van der Waals surface area contributed by atoms with Crippen LogP contribution in [0.2, 0.25) is 0 Å². The van der Waals surface area contributed by atoms with Gasteiger partial charge in [0.25, 0.3) is 0 Å². The summed E-state index contributed by atoms with van der Waals surface area (Å²) in [7, 11) is -3.19. The Balaban J connectivity index is 1.27. The Bertz CT molecular complexity index is 2290. The normalized spacial score (nSPS) is 14.7. The van der Waals surface area contributed by atoms with Gasteiger partial charge in [-0.15, -0.1) is 0 Å². The van der Waals surface area contributed by atoms with Crippen molar-refractivity contribution in [1.29, 1.82) is 0 Å². The molecule has 0 bridgehead atoms. The first kappa shape index (κ1) is 29.1. The monoisotopic (exact) mass is 685 g/mol. The molecule has 49 heavy (non-hydrogen) atoms. The van der Waals surface area contributed by atoms with Crippen molar-refractivity contribution in [3.05, 3.63) is 169 Å². The fourth-order valence-electron chi connectivity index (χ4n) is 8.23. The van der Waals surface area contributed by atoms with Crippen molar-refractivity contribution in [1.82, 2.24) is 0 Å². The molecule has 3 aliphatic heterocycles. The van der Waals surface area contributed by atoms with Gasteiger partial charge in [-0.25, -0.2) is 8.78 Å². The first-order chi connectivity index (χ1) is 24.1. The molecule has 0 spiro atoms. The van der Waals surface area contributed by atoms with Crippen LogP contribution in [0.5, 0.6) is 0 Å². The van der Waals surface area contributed by atoms with Gasteiger partial charge in [0.2, 0.25) is 6.71 Å². The zero-order valence-corrected chi connectivity index (χ0v) is 28.7. The highest BCUT2D eigenvalue weighted by molar-refractivity contribution is 8.01. The molecule has 1 nitrogen and oxygen atoms in total. The van der Waals surface area contributed by atoms with Gasteiger partial charge < -0.3 is 4.90 Å². The van der Waals surface area contributed by atoms with Crippen molar-refractivity contribution in [3.8, 4) is 0 Å². The van der Waals surface area contributed by atoms with E-state index in [2.05, 4.69) is 89.8 Å². The van der Waals surface area contributed by atoms with Crippen molar-refractivity contribution >= 4 is 92.5 Å². The van der Waals surface area contributed by atoms with Crippen molar-refractivity contribution in [2.45, 2.75) is 19.6 Å². The second kappa shape index (κ2) is 11.1. The van der Waals surface area contributed by atoms with E-state index in [0.717, 1.165) is 37.8 Å². The lowest BCUT2D eigenvalue weighted by atomic mass is 9.36. The standard InChI is InChI=1S/C42H26BF2NS2Si/c44-27-19-21-34-40(23-27)49(30-11-3-1-4-12-30,31-13-5-2-6-14-31)41-24-28(45)20-22-35(41)46(34)29-25-38-42-39(26-29)48-37-18-10-8-16-33(37)43(42)32-15-7-9-17-36(32)47-38/h1-26H. The van der Waals surface area contributed by atoms with Gasteiger partial charge in [-0.3, -0.25) is 0 Å². The minimum atomic E-state index is -3.19. The minimum absolute atomic E-state index is 0.147. The highest BCUT2D eigenvalue weighted by Gasteiger charge is 2.49. The number of rotatable bonds is 3. The maximum Gasteiger partial charge on any atom is 0.247 e. The van der Waals surface area contributed by atoms with Gasteiger partial charge in [-0.2, -0.15) is 0 Å². The van der Waals surface area contributed by atoms with Crippen LogP contribution in [0.3, 0.4) is 0 Å². The molecule has 0 radical (unpaired) electrons. The van der Waals surface area contributed by atoms with Gasteiger partial charge in [0, 0.05) is 36.6 Å². The molecule has 10 rings (SSSR count). The van der Waals surface area contributed by atoms with Crippen LogP contribution in [0, 0.1) is 11.6 Å². The summed E-state index contributed by atoms with van der Waals surface area (Å²) in [5.41, 5.74) is 6.84. The molecule has 0 saturated carbocycles. The van der Waals surface area contributed by atoms with Gasteiger partial charge in [-0.05, 0) is 86.9 Å². The van der Waals surface area contributed by atoms with Crippen LogP contribution in [0.25, 0.3) is 0 Å². The Kier molecular flexibility index (Phi) is 6.60. The molecule has 0 atom stereocenters. The van der Waals surface area contributed by atoms with Crippen LogP contribution in [0.15, 0.2) is 177 Å². The van der Waals surface area contributed by atoms with Crippen LogP contribution < -0.4 is 42.0 Å². The van der Waals surface area contributed by atoms with E-state index in [9.17, 15) is 0 Å². The van der Waals surface area contributed by atoms with E-state index in [1.807, 2.05) is 72.1 Å². The predicted molar refractivity (Wildman–Crippen MR) is 204 cm³/mol. The zero-order valence-electron chi connectivity index (χ0n) is 26.1. The molecule has 0 amide bonds. The van der Waals surface area contributed by atoms with Crippen molar-refractivity contribution in [2.75, 3.05) is 4.90 Å². The first-order valence-corrected chi connectivity index (χ1v) is 20.0. The largest absolute Gasteiger partial charge is 0.311 e. The molecule has 232 valence electrons.